The van der Waals surface area contributed by atoms with Gasteiger partial charge in [-0.2, -0.15) is 4.31 Å². The SMILES string of the molecule is O=S(=O)(c1ccccc1)C1CCN(S(=O)(=O)c2ccc(Cl)cc2)CC1. The van der Waals surface area contributed by atoms with Gasteiger partial charge in [0.2, 0.25) is 10.0 Å². The zero-order valence-electron chi connectivity index (χ0n) is 13.4. The number of halogens is 1. The lowest BCUT2D eigenvalue weighted by atomic mass is 10.2. The lowest BCUT2D eigenvalue weighted by Gasteiger charge is -2.31. The van der Waals surface area contributed by atoms with Gasteiger partial charge in [0.25, 0.3) is 0 Å². The summed E-state index contributed by atoms with van der Waals surface area (Å²) in [5.41, 5.74) is 0. The van der Waals surface area contributed by atoms with Gasteiger partial charge in [-0.1, -0.05) is 29.8 Å². The molecule has 1 heterocycles. The van der Waals surface area contributed by atoms with E-state index in [2.05, 4.69) is 0 Å². The van der Waals surface area contributed by atoms with Crippen molar-refractivity contribution in [2.75, 3.05) is 13.1 Å². The molecule has 5 nitrogen and oxygen atoms in total. The first-order valence-electron chi connectivity index (χ1n) is 7.86. The lowest BCUT2D eigenvalue weighted by Crippen LogP contribution is -2.42. The molecule has 0 aromatic heterocycles. The standard InChI is InChI=1S/C17H18ClNO4S2/c18-14-6-8-17(9-7-14)25(22,23)19-12-10-16(11-13-19)24(20,21)15-4-2-1-3-5-15/h1-9,16H,10-13H2. The van der Waals surface area contributed by atoms with E-state index in [0.717, 1.165) is 0 Å². The van der Waals surface area contributed by atoms with Crippen LogP contribution in [0.15, 0.2) is 64.4 Å². The quantitative estimate of drug-likeness (QED) is 0.792. The number of sulfonamides is 1. The normalized spacial score (nSPS) is 17.5. The van der Waals surface area contributed by atoms with E-state index in [-0.39, 0.29) is 35.7 Å². The topological polar surface area (TPSA) is 71.5 Å². The molecule has 134 valence electrons. The largest absolute Gasteiger partial charge is 0.243 e. The zero-order chi connectivity index (χ0) is 18.1. The number of rotatable bonds is 4. The second-order valence-corrected chi connectivity index (χ2v) is 10.5. The highest BCUT2D eigenvalue weighted by Gasteiger charge is 2.35. The second-order valence-electron chi connectivity index (χ2n) is 5.92. The van der Waals surface area contributed by atoms with Crippen LogP contribution in [-0.2, 0) is 19.9 Å². The van der Waals surface area contributed by atoms with Crippen molar-refractivity contribution in [3.05, 3.63) is 59.6 Å². The van der Waals surface area contributed by atoms with Crippen LogP contribution in [0.2, 0.25) is 5.02 Å². The van der Waals surface area contributed by atoms with Crippen LogP contribution in [0.4, 0.5) is 0 Å². The molecule has 2 aromatic carbocycles. The summed E-state index contributed by atoms with van der Waals surface area (Å²) in [4.78, 5) is 0.454. The van der Waals surface area contributed by atoms with Crippen molar-refractivity contribution < 1.29 is 16.8 Å². The molecule has 0 bridgehead atoms. The van der Waals surface area contributed by atoms with E-state index in [4.69, 9.17) is 11.6 Å². The van der Waals surface area contributed by atoms with E-state index in [1.165, 1.54) is 28.6 Å². The van der Waals surface area contributed by atoms with E-state index in [1.54, 1.807) is 30.3 Å². The molecule has 0 radical (unpaired) electrons. The Labute approximate surface area is 153 Å². The van der Waals surface area contributed by atoms with Crippen molar-refractivity contribution in [1.29, 1.82) is 0 Å². The predicted molar refractivity (Wildman–Crippen MR) is 96.9 cm³/mol. The number of piperidine rings is 1. The van der Waals surface area contributed by atoms with Gasteiger partial charge < -0.3 is 0 Å². The van der Waals surface area contributed by atoms with Gasteiger partial charge in [0.15, 0.2) is 9.84 Å². The predicted octanol–water partition coefficient (Wildman–Crippen LogP) is 2.97. The van der Waals surface area contributed by atoms with Crippen molar-refractivity contribution in [2.45, 2.75) is 27.9 Å². The molecule has 1 aliphatic rings. The maximum atomic E-state index is 12.7. The number of sulfone groups is 1. The monoisotopic (exact) mass is 399 g/mol. The third-order valence-corrected chi connectivity index (χ3v) is 8.81. The van der Waals surface area contributed by atoms with Crippen LogP contribution in [-0.4, -0.2) is 39.5 Å². The molecule has 1 fully saturated rings. The molecule has 0 amide bonds. The van der Waals surface area contributed by atoms with Crippen molar-refractivity contribution in [3.8, 4) is 0 Å². The van der Waals surface area contributed by atoms with E-state index >= 15 is 0 Å². The Morgan fingerprint density at radius 2 is 1.36 bits per heavy atom. The van der Waals surface area contributed by atoms with Gasteiger partial charge in [-0.15, -0.1) is 0 Å². The molecule has 25 heavy (non-hydrogen) atoms. The molecular weight excluding hydrogens is 382 g/mol. The van der Waals surface area contributed by atoms with Crippen molar-refractivity contribution in [3.63, 3.8) is 0 Å². The Morgan fingerprint density at radius 3 is 1.92 bits per heavy atom. The average Bonchev–Trinajstić information content (AvgIpc) is 2.63. The van der Waals surface area contributed by atoms with Crippen molar-refractivity contribution in [1.82, 2.24) is 4.31 Å². The minimum Gasteiger partial charge on any atom is -0.223 e. The molecule has 1 aliphatic heterocycles. The fourth-order valence-corrected chi connectivity index (χ4v) is 6.29. The van der Waals surface area contributed by atoms with E-state index in [0.29, 0.717) is 5.02 Å². The molecule has 0 N–H and O–H groups in total. The summed E-state index contributed by atoms with van der Waals surface area (Å²) < 4.78 is 52.0. The Morgan fingerprint density at radius 1 is 0.800 bits per heavy atom. The van der Waals surface area contributed by atoms with Crippen LogP contribution in [0, 0.1) is 0 Å². The molecule has 0 atom stereocenters. The van der Waals surface area contributed by atoms with Gasteiger partial charge in [-0.3, -0.25) is 0 Å². The van der Waals surface area contributed by atoms with Gasteiger partial charge in [-0.05, 0) is 49.2 Å². The van der Waals surface area contributed by atoms with Gasteiger partial charge in [-0.25, -0.2) is 16.8 Å². The fraction of sp³-hybridized carbons (Fsp3) is 0.294. The average molecular weight is 400 g/mol. The second kappa shape index (κ2) is 7.07. The molecule has 0 unspecified atom stereocenters. The molecular formula is C17H18ClNO4S2. The van der Waals surface area contributed by atoms with Gasteiger partial charge in [0.1, 0.15) is 0 Å². The van der Waals surface area contributed by atoms with Crippen molar-refractivity contribution in [2.24, 2.45) is 0 Å². The minimum absolute atomic E-state index is 0.168. The number of hydrogen-bond acceptors (Lipinski definition) is 4. The molecule has 0 aliphatic carbocycles. The Kier molecular flexibility index (Phi) is 5.20. The molecule has 0 saturated carbocycles. The maximum absolute atomic E-state index is 12.7. The fourth-order valence-electron chi connectivity index (χ4n) is 2.94. The summed E-state index contributed by atoms with van der Waals surface area (Å²) in [5.74, 6) is 0. The summed E-state index contributed by atoms with van der Waals surface area (Å²) in [7, 11) is -7.07. The summed E-state index contributed by atoms with van der Waals surface area (Å²) in [6.07, 6.45) is 0.564. The minimum atomic E-state index is -3.63. The smallest absolute Gasteiger partial charge is 0.223 e. The van der Waals surface area contributed by atoms with Gasteiger partial charge in [0, 0.05) is 18.1 Å². The highest BCUT2D eigenvalue weighted by molar-refractivity contribution is 7.92. The third-order valence-electron chi connectivity index (χ3n) is 4.36. The zero-order valence-corrected chi connectivity index (χ0v) is 15.8. The Bertz CT molecular complexity index is 934. The molecule has 2 aromatic rings. The summed E-state index contributed by atoms with van der Waals surface area (Å²) in [5, 5.41) is -0.0989. The van der Waals surface area contributed by atoms with Crippen molar-refractivity contribution >= 4 is 31.5 Å². The first-order chi connectivity index (χ1) is 11.8. The first kappa shape index (κ1) is 18.4. The Hall–Kier alpha value is -1.41. The maximum Gasteiger partial charge on any atom is 0.243 e. The molecule has 8 heteroatoms. The van der Waals surface area contributed by atoms with Crippen LogP contribution in [0.25, 0.3) is 0 Å². The van der Waals surface area contributed by atoms with Crippen LogP contribution in [0.1, 0.15) is 12.8 Å². The highest BCUT2D eigenvalue weighted by Crippen LogP contribution is 2.28. The van der Waals surface area contributed by atoms with Gasteiger partial charge in [0.05, 0.1) is 15.0 Å². The molecule has 3 rings (SSSR count). The van der Waals surface area contributed by atoms with E-state index < -0.39 is 25.1 Å². The number of nitrogens with zero attached hydrogens (tertiary/aromatic N) is 1. The van der Waals surface area contributed by atoms with E-state index in [9.17, 15) is 16.8 Å². The number of hydrogen-bond donors (Lipinski definition) is 0. The summed E-state index contributed by atoms with van der Waals surface area (Å²) in [6, 6.07) is 14.3. The van der Waals surface area contributed by atoms with Crippen LogP contribution < -0.4 is 0 Å². The van der Waals surface area contributed by atoms with Crippen LogP contribution in [0.3, 0.4) is 0 Å². The molecule has 1 saturated heterocycles. The number of benzene rings is 2. The van der Waals surface area contributed by atoms with E-state index in [1.807, 2.05) is 0 Å². The lowest BCUT2D eigenvalue weighted by molar-refractivity contribution is 0.345. The summed E-state index contributed by atoms with van der Waals surface area (Å²) >= 11 is 5.80. The first-order valence-corrected chi connectivity index (χ1v) is 11.2. The van der Waals surface area contributed by atoms with Crippen LogP contribution in [0.5, 0.6) is 0 Å². The highest BCUT2D eigenvalue weighted by atomic mass is 35.5. The van der Waals surface area contributed by atoms with Gasteiger partial charge >= 0.3 is 0 Å². The Balaban J connectivity index is 1.75. The summed E-state index contributed by atoms with van der Waals surface area (Å²) in [6.45, 7) is 0.364. The molecule has 0 spiro atoms. The van der Waals surface area contributed by atoms with Crippen LogP contribution >= 0.6 is 11.6 Å². The third kappa shape index (κ3) is 3.74.